The fourth-order valence-corrected chi connectivity index (χ4v) is 6.46. The van der Waals surface area contributed by atoms with Gasteiger partial charge in [-0.15, -0.1) is 0 Å². The maximum absolute atomic E-state index is 14.9. The van der Waals surface area contributed by atoms with Gasteiger partial charge in [0.25, 0.3) is 0 Å². The summed E-state index contributed by atoms with van der Waals surface area (Å²) >= 11 is 0. The van der Waals surface area contributed by atoms with Gasteiger partial charge in [0, 0.05) is 0 Å². The fraction of sp³-hybridized carbons (Fsp3) is 0.781. The SMILES string of the molecule is CCCCC[C@H]1CC[C@H](CCc2ccc(C(=O)OC(CC)CCCC3CCCCC3)c(F)c2F)CC1. The van der Waals surface area contributed by atoms with Crippen LogP contribution in [-0.4, -0.2) is 12.1 Å². The summed E-state index contributed by atoms with van der Waals surface area (Å²) in [4.78, 5) is 12.7. The van der Waals surface area contributed by atoms with E-state index in [1.807, 2.05) is 6.92 Å². The lowest BCUT2D eigenvalue weighted by molar-refractivity contribution is 0.0257. The highest BCUT2D eigenvalue weighted by Crippen LogP contribution is 2.35. The number of hydrogen-bond donors (Lipinski definition) is 0. The number of esters is 1. The second kappa shape index (κ2) is 15.7. The van der Waals surface area contributed by atoms with Gasteiger partial charge < -0.3 is 4.74 Å². The van der Waals surface area contributed by atoms with E-state index < -0.39 is 17.6 Å². The van der Waals surface area contributed by atoms with Gasteiger partial charge in [0.1, 0.15) is 6.10 Å². The molecular formula is C32H50F2O2. The number of aryl methyl sites for hydroxylation is 1. The smallest absolute Gasteiger partial charge is 0.341 e. The molecule has 0 radical (unpaired) electrons. The largest absolute Gasteiger partial charge is 0.459 e. The number of carbonyl (C=O) groups is 1. The molecule has 2 aliphatic rings. The third-order valence-corrected chi connectivity index (χ3v) is 8.98. The van der Waals surface area contributed by atoms with E-state index in [-0.39, 0.29) is 11.7 Å². The summed E-state index contributed by atoms with van der Waals surface area (Å²) in [7, 11) is 0. The molecule has 0 spiro atoms. The summed E-state index contributed by atoms with van der Waals surface area (Å²) in [5.41, 5.74) is 0.114. The highest BCUT2D eigenvalue weighted by molar-refractivity contribution is 5.90. The number of benzene rings is 1. The van der Waals surface area contributed by atoms with E-state index in [0.29, 0.717) is 24.3 Å². The number of hydrogen-bond acceptors (Lipinski definition) is 2. The Bertz CT molecular complexity index is 779. The zero-order valence-corrected chi connectivity index (χ0v) is 23.0. The van der Waals surface area contributed by atoms with Gasteiger partial charge in [-0.2, -0.15) is 0 Å². The minimum absolute atomic E-state index is 0.236. The fourth-order valence-electron chi connectivity index (χ4n) is 6.46. The quantitative estimate of drug-likeness (QED) is 0.186. The molecule has 0 N–H and O–H groups in total. The van der Waals surface area contributed by atoms with Crippen molar-refractivity contribution in [1.29, 1.82) is 0 Å². The number of ether oxygens (including phenoxy) is 1. The first kappa shape index (κ1) is 29.1. The Kier molecular flexibility index (Phi) is 12.7. The van der Waals surface area contributed by atoms with E-state index in [4.69, 9.17) is 4.74 Å². The van der Waals surface area contributed by atoms with E-state index >= 15 is 0 Å². The zero-order valence-electron chi connectivity index (χ0n) is 23.0. The molecule has 2 saturated carbocycles. The van der Waals surface area contributed by atoms with Crippen molar-refractivity contribution in [1.82, 2.24) is 0 Å². The van der Waals surface area contributed by atoms with Gasteiger partial charge in [-0.25, -0.2) is 13.6 Å². The number of carbonyl (C=O) groups excluding carboxylic acids is 1. The molecule has 0 heterocycles. The van der Waals surface area contributed by atoms with Crippen molar-refractivity contribution in [2.45, 2.75) is 142 Å². The maximum atomic E-state index is 14.9. The molecule has 0 saturated heterocycles. The Morgan fingerprint density at radius 3 is 2.14 bits per heavy atom. The zero-order chi connectivity index (χ0) is 25.8. The van der Waals surface area contributed by atoms with E-state index in [1.165, 1.54) is 96.0 Å². The lowest BCUT2D eigenvalue weighted by Gasteiger charge is -2.28. The third kappa shape index (κ3) is 9.14. The minimum atomic E-state index is -1.05. The third-order valence-electron chi connectivity index (χ3n) is 8.98. The molecule has 2 nitrogen and oxygen atoms in total. The van der Waals surface area contributed by atoms with Crippen molar-refractivity contribution in [2.75, 3.05) is 0 Å². The van der Waals surface area contributed by atoms with Gasteiger partial charge in [-0.3, -0.25) is 0 Å². The number of unbranched alkanes of at least 4 members (excludes halogenated alkanes) is 2. The van der Waals surface area contributed by atoms with Crippen LogP contribution in [0.25, 0.3) is 0 Å². The molecule has 1 unspecified atom stereocenters. The van der Waals surface area contributed by atoms with Crippen molar-refractivity contribution in [3.8, 4) is 0 Å². The Morgan fingerprint density at radius 1 is 0.833 bits per heavy atom. The van der Waals surface area contributed by atoms with Crippen molar-refractivity contribution in [2.24, 2.45) is 17.8 Å². The van der Waals surface area contributed by atoms with Crippen LogP contribution in [0.15, 0.2) is 12.1 Å². The van der Waals surface area contributed by atoms with Gasteiger partial charge in [0.2, 0.25) is 0 Å². The summed E-state index contributed by atoms with van der Waals surface area (Å²) in [5, 5.41) is 0. The van der Waals surface area contributed by atoms with Crippen LogP contribution in [-0.2, 0) is 11.2 Å². The van der Waals surface area contributed by atoms with Gasteiger partial charge in [-0.05, 0) is 61.5 Å². The van der Waals surface area contributed by atoms with Crippen LogP contribution in [0.2, 0.25) is 0 Å². The monoisotopic (exact) mass is 504 g/mol. The molecule has 1 aromatic carbocycles. The first-order valence-corrected chi connectivity index (χ1v) is 15.2. The van der Waals surface area contributed by atoms with Crippen LogP contribution in [0.5, 0.6) is 0 Å². The molecule has 4 heteroatoms. The summed E-state index contributed by atoms with van der Waals surface area (Å²) < 4.78 is 35.3. The van der Waals surface area contributed by atoms with Crippen molar-refractivity contribution < 1.29 is 18.3 Å². The molecule has 1 aromatic rings. The Labute approximate surface area is 219 Å². The normalized spacial score (nSPS) is 21.9. The Balaban J connectivity index is 1.44. The van der Waals surface area contributed by atoms with Crippen LogP contribution < -0.4 is 0 Å². The average molecular weight is 505 g/mol. The maximum Gasteiger partial charge on any atom is 0.341 e. The molecule has 36 heavy (non-hydrogen) atoms. The molecule has 0 amide bonds. The van der Waals surface area contributed by atoms with Gasteiger partial charge >= 0.3 is 5.97 Å². The van der Waals surface area contributed by atoms with Crippen molar-refractivity contribution in [3.05, 3.63) is 34.9 Å². The van der Waals surface area contributed by atoms with Gasteiger partial charge in [0.15, 0.2) is 11.6 Å². The predicted molar refractivity (Wildman–Crippen MR) is 144 cm³/mol. The molecular weight excluding hydrogens is 454 g/mol. The average Bonchev–Trinajstić information content (AvgIpc) is 2.90. The van der Waals surface area contributed by atoms with Crippen molar-refractivity contribution >= 4 is 5.97 Å². The van der Waals surface area contributed by atoms with Crippen LogP contribution in [0.1, 0.15) is 145 Å². The van der Waals surface area contributed by atoms with Crippen LogP contribution in [0.3, 0.4) is 0 Å². The van der Waals surface area contributed by atoms with E-state index in [0.717, 1.165) is 31.1 Å². The molecule has 0 aromatic heterocycles. The van der Waals surface area contributed by atoms with Gasteiger partial charge in [-0.1, -0.05) is 110 Å². The standard InChI is InChI=1S/C32H50F2O2/c1-3-5-7-11-25-16-18-26(19-17-25)20-21-27-22-23-29(31(34)30(27)33)32(35)36-28(4-2)15-10-14-24-12-8-6-9-13-24/h22-26,28H,3-21H2,1-2H3/t25-,26-,28?. The molecule has 1 atom stereocenters. The predicted octanol–water partition coefficient (Wildman–Crippen LogP) is 9.97. The molecule has 0 bridgehead atoms. The van der Waals surface area contributed by atoms with Crippen LogP contribution in [0.4, 0.5) is 8.78 Å². The highest BCUT2D eigenvalue weighted by Gasteiger charge is 2.24. The lowest BCUT2D eigenvalue weighted by Crippen LogP contribution is -2.20. The van der Waals surface area contributed by atoms with Gasteiger partial charge in [0.05, 0.1) is 5.56 Å². The molecule has 0 aliphatic heterocycles. The van der Waals surface area contributed by atoms with E-state index in [1.54, 1.807) is 6.07 Å². The summed E-state index contributed by atoms with van der Waals surface area (Å²) in [6, 6.07) is 3.02. The van der Waals surface area contributed by atoms with E-state index in [9.17, 15) is 13.6 Å². The number of rotatable bonds is 14. The van der Waals surface area contributed by atoms with Crippen molar-refractivity contribution in [3.63, 3.8) is 0 Å². The molecule has 204 valence electrons. The second-order valence-electron chi connectivity index (χ2n) is 11.7. The lowest BCUT2D eigenvalue weighted by atomic mass is 9.77. The topological polar surface area (TPSA) is 26.3 Å². The minimum Gasteiger partial charge on any atom is -0.459 e. The van der Waals surface area contributed by atoms with Crippen LogP contribution in [0, 0.1) is 29.4 Å². The second-order valence-corrected chi connectivity index (χ2v) is 11.7. The summed E-state index contributed by atoms with van der Waals surface area (Å²) in [6.07, 6.45) is 21.7. The highest BCUT2D eigenvalue weighted by atomic mass is 19.2. The Morgan fingerprint density at radius 2 is 1.47 bits per heavy atom. The first-order chi connectivity index (χ1) is 17.5. The van der Waals surface area contributed by atoms with Crippen LogP contribution >= 0.6 is 0 Å². The summed E-state index contributed by atoms with van der Waals surface area (Å²) in [6.45, 7) is 4.23. The molecule has 2 fully saturated rings. The van der Waals surface area contributed by atoms with E-state index in [2.05, 4.69) is 6.92 Å². The first-order valence-electron chi connectivity index (χ1n) is 15.2. The Hall–Kier alpha value is -1.45. The molecule has 3 rings (SSSR count). The number of halogens is 2. The molecule has 2 aliphatic carbocycles. The summed E-state index contributed by atoms with van der Waals surface area (Å²) in [5.74, 6) is -0.405.